The van der Waals surface area contributed by atoms with Gasteiger partial charge in [-0.3, -0.25) is 14.5 Å². The molecule has 3 N–H and O–H groups in total. The van der Waals surface area contributed by atoms with Gasteiger partial charge in [0.15, 0.2) is 0 Å². The smallest absolute Gasteiger partial charge is 0.265 e. The van der Waals surface area contributed by atoms with E-state index < -0.39 is 42.8 Å². The molecule has 11 heteroatoms. The second-order valence-electron chi connectivity index (χ2n) is 7.70. The van der Waals surface area contributed by atoms with E-state index >= 15 is 0 Å². The highest BCUT2D eigenvalue weighted by Gasteiger charge is 2.33. The number of nitrogens with one attached hydrogen (secondary N) is 1. The summed E-state index contributed by atoms with van der Waals surface area (Å²) in [4.78, 5) is 27.3. The summed E-state index contributed by atoms with van der Waals surface area (Å²) < 4.78 is 58.4. The van der Waals surface area contributed by atoms with Crippen LogP contribution in [0.15, 0.2) is 18.2 Å². The molecule has 0 unspecified atom stereocenters. The van der Waals surface area contributed by atoms with Crippen LogP contribution in [0.2, 0.25) is 0 Å². The third-order valence-electron chi connectivity index (χ3n) is 5.34. The number of amides is 2. The Morgan fingerprint density at radius 3 is 2.61 bits per heavy atom. The van der Waals surface area contributed by atoms with Crippen LogP contribution in [0.3, 0.4) is 0 Å². The summed E-state index contributed by atoms with van der Waals surface area (Å²) in [5.41, 5.74) is 5.40. The fraction of sp³-hybridized carbons (Fsp3) is 0.600. The molecule has 3 rings (SSSR count). The molecule has 1 aromatic rings. The lowest BCUT2D eigenvalue weighted by Crippen LogP contribution is -2.51. The molecular formula is C20H26F4N4O3. The summed E-state index contributed by atoms with van der Waals surface area (Å²) in [5.74, 6) is -0.813. The quantitative estimate of drug-likeness (QED) is 0.539. The van der Waals surface area contributed by atoms with Crippen molar-refractivity contribution >= 4 is 23.2 Å². The number of hydrogen-bond acceptors (Lipinski definition) is 5. The minimum Gasteiger partial charge on any atom is -0.370 e. The number of ether oxygens (including phenoxy) is 1. The topological polar surface area (TPSA) is 87.9 Å². The van der Waals surface area contributed by atoms with Crippen LogP contribution in [-0.4, -0.2) is 68.6 Å². The van der Waals surface area contributed by atoms with Crippen molar-refractivity contribution in [3.8, 4) is 0 Å². The van der Waals surface area contributed by atoms with Gasteiger partial charge in [0.1, 0.15) is 12.6 Å². The largest absolute Gasteiger partial charge is 0.370 e. The van der Waals surface area contributed by atoms with Gasteiger partial charge in [-0.2, -0.15) is 0 Å². The van der Waals surface area contributed by atoms with Gasteiger partial charge in [0.2, 0.25) is 5.91 Å². The van der Waals surface area contributed by atoms with Crippen molar-refractivity contribution in [2.45, 2.75) is 31.7 Å². The Morgan fingerprint density at radius 1 is 1.29 bits per heavy atom. The minimum absolute atomic E-state index is 0.0461. The molecule has 0 aromatic heterocycles. The summed E-state index contributed by atoms with van der Waals surface area (Å²) in [6, 6.07) is 2.81. The van der Waals surface area contributed by atoms with Crippen LogP contribution in [0.5, 0.6) is 0 Å². The van der Waals surface area contributed by atoms with E-state index in [1.165, 1.54) is 21.9 Å². The molecule has 1 aromatic carbocycles. The number of morpholine rings is 1. The zero-order valence-electron chi connectivity index (χ0n) is 16.9. The normalized spacial score (nSPS) is 18.2. The molecule has 0 radical (unpaired) electrons. The highest BCUT2D eigenvalue weighted by molar-refractivity contribution is 5.97. The molecule has 2 fully saturated rings. The number of alkyl halides is 4. The fourth-order valence-electron chi connectivity index (χ4n) is 3.61. The van der Waals surface area contributed by atoms with Gasteiger partial charge in [-0.1, -0.05) is 0 Å². The van der Waals surface area contributed by atoms with Gasteiger partial charge in [-0.25, -0.2) is 17.6 Å². The molecule has 0 bridgehead atoms. The van der Waals surface area contributed by atoms with Gasteiger partial charge in [0, 0.05) is 30.9 Å². The number of nitrogens with zero attached hydrogens (tertiary/aromatic N) is 2. The molecule has 1 aliphatic heterocycles. The number of hydrogen-bond donors (Lipinski definition) is 2. The first kappa shape index (κ1) is 23.4. The van der Waals surface area contributed by atoms with E-state index in [4.69, 9.17) is 10.5 Å². The van der Waals surface area contributed by atoms with Gasteiger partial charge in [-0.05, 0) is 37.0 Å². The van der Waals surface area contributed by atoms with Crippen molar-refractivity contribution in [1.29, 1.82) is 0 Å². The Labute approximate surface area is 177 Å². The highest BCUT2D eigenvalue weighted by Crippen LogP contribution is 2.34. The molecule has 0 spiro atoms. The molecule has 172 valence electrons. The number of carbonyl (C=O) groups is 2. The van der Waals surface area contributed by atoms with E-state index in [0.717, 1.165) is 18.9 Å². The molecular weight excluding hydrogens is 420 g/mol. The van der Waals surface area contributed by atoms with Crippen molar-refractivity contribution < 1.29 is 31.9 Å². The van der Waals surface area contributed by atoms with E-state index in [1.54, 1.807) is 0 Å². The van der Waals surface area contributed by atoms with Crippen LogP contribution in [-0.2, 0) is 14.3 Å². The summed E-state index contributed by atoms with van der Waals surface area (Å²) in [5, 5.41) is 2.51. The van der Waals surface area contributed by atoms with Crippen LogP contribution >= 0.6 is 0 Å². The first-order chi connectivity index (χ1) is 14.8. The van der Waals surface area contributed by atoms with E-state index in [9.17, 15) is 27.2 Å². The first-order valence-corrected chi connectivity index (χ1v) is 10.1. The molecule has 1 aliphatic carbocycles. The summed E-state index contributed by atoms with van der Waals surface area (Å²) in [6.45, 7) is -0.269. The summed E-state index contributed by atoms with van der Waals surface area (Å²) in [7, 11) is 0. The second-order valence-corrected chi connectivity index (χ2v) is 7.70. The molecule has 1 saturated heterocycles. The monoisotopic (exact) mass is 446 g/mol. The van der Waals surface area contributed by atoms with Crippen LogP contribution in [0, 0.1) is 5.92 Å². The Bertz CT molecular complexity index is 788. The first-order valence-electron chi connectivity index (χ1n) is 10.1. The number of carbonyl (C=O) groups excluding carboxylic acids is 2. The van der Waals surface area contributed by atoms with Gasteiger partial charge in [0.25, 0.3) is 18.8 Å². The minimum atomic E-state index is -2.89. The maximum Gasteiger partial charge on any atom is 0.265 e. The molecule has 31 heavy (non-hydrogen) atoms. The molecule has 2 aliphatic rings. The molecule has 2 amide bonds. The zero-order chi connectivity index (χ0) is 22.5. The van der Waals surface area contributed by atoms with Gasteiger partial charge in [0.05, 0.1) is 18.8 Å². The van der Waals surface area contributed by atoms with Crippen LogP contribution in [0.25, 0.3) is 0 Å². The maximum absolute atomic E-state index is 13.7. The van der Waals surface area contributed by atoms with E-state index in [2.05, 4.69) is 5.32 Å². The lowest BCUT2D eigenvalue weighted by Gasteiger charge is -2.30. The second kappa shape index (κ2) is 10.4. The third kappa shape index (κ3) is 6.14. The third-order valence-corrected chi connectivity index (χ3v) is 5.34. The van der Waals surface area contributed by atoms with Crippen LogP contribution in [0.4, 0.5) is 28.9 Å². The number of benzene rings is 1. The SMILES string of the molecule is NC[C@H](C(=O)Nc1ccc(N2CCOCC2=O)c(C(F)F)c1)N(CC(F)F)CC1CC1. The maximum atomic E-state index is 13.7. The Morgan fingerprint density at radius 2 is 2.03 bits per heavy atom. The number of nitrogens with two attached hydrogens (primary N) is 1. The lowest BCUT2D eigenvalue weighted by atomic mass is 10.1. The zero-order valence-corrected chi connectivity index (χ0v) is 16.9. The lowest BCUT2D eigenvalue weighted by molar-refractivity contribution is -0.125. The number of halogens is 4. The van der Waals surface area contributed by atoms with Crippen molar-refractivity contribution in [2.24, 2.45) is 11.7 Å². The Kier molecular flexibility index (Phi) is 7.84. The molecule has 1 atom stereocenters. The number of anilines is 2. The van der Waals surface area contributed by atoms with E-state index in [0.29, 0.717) is 6.54 Å². The Balaban J connectivity index is 1.77. The summed E-state index contributed by atoms with van der Waals surface area (Å²) >= 11 is 0. The summed E-state index contributed by atoms with van der Waals surface area (Å²) in [6.07, 6.45) is -3.69. The van der Waals surface area contributed by atoms with Crippen molar-refractivity contribution in [1.82, 2.24) is 4.90 Å². The van der Waals surface area contributed by atoms with Crippen molar-refractivity contribution in [2.75, 3.05) is 49.6 Å². The Hall–Kier alpha value is -2.24. The highest BCUT2D eigenvalue weighted by atomic mass is 19.3. The van der Waals surface area contributed by atoms with Gasteiger partial charge < -0.3 is 20.7 Å². The van der Waals surface area contributed by atoms with Crippen molar-refractivity contribution in [3.63, 3.8) is 0 Å². The van der Waals surface area contributed by atoms with Crippen molar-refractivity contribution in [3.05, 3.63) is 23.8 Å². The average Bonchev–Trinajstić information content (AvgIpc) is 3.52. The van der Waals surface area contributed by atoms with Gasteiger partial charge in [-0.15, -0.1) is 0 Å². The molecule has 7 nitrogen and oxygen atoms in total. The number of rotatable bonds is 10. The van der Waals surface area contributed by atoms with Crippen LogP contribution < -0.4 is 16.0 Å². The van der Waals surface area contributed by atoms with Crippen LogP contribution in [0.1, 0.15) is 24.8 Å². The molecule has 1 saturated carbocycles. The van der Waals surface area contributed by atoms with E-state index in [-0.39, 0.29) is 43.6 Å². The molecule has 1 heterocycles. The average molecular weight is 446 g/mol. The predicted molar refractivity (Wildman–Crippen MR) is 106 cm³/mol. The predicted octanol–water partition coefficient (Wildman–Crippen LogP) is 2.23. The fourth-order valence-corrected chi connectivity index (χ4v) is 3.61. The van der Waals surface area contributed by atoms with Gasteiger partial charge >= 0.3 is 0 Å². The standard InChI is InChI=1S/C20H26F4N4O3/c21-17(22)10-27(9-12-1-2-12)16(8-25)20(30)26-13-3-4-15(14(7-13)19(23)24)28-5-6-31-11-18(28)29/h3-4,7,12,16-17,19H,1-2,5-6,8-11,25H2,(H,26,30)/t16-/m1/s1. The van der Waals surface area contributed by atoms with E-state index in [1.807, 2.05) is 0 Å².